The van der Waals surface area contributed by atoms with E-state index in [1.807, 2.05) is 0 Å². The highest BCUT2D eigenvalue weighted by Crippen LogP contribution is 2.20. The maximum absolute atomic E-state index is 12.1. The van der Waals surface area contributed by atoms with E-state index in [9.17, 15) is 14.4 Å². The molecular formula is C15H25N3O4. The molecule has 0 spiro atoms. The molecule has 1 heterocycles. The summed E-state index contributed by atoms with van der Waals surface area (Å²) in [6.07, 6.45) is 2.09. The van der Waals surface area contributed by atoms with Crippen molar-refractivity contribution in [3.8, 4) is 0 Å². The van der Waals surface area contributed by atoms with Crippen LogP contribution >= 0.6 is 0 Å². The molecule has 124 valence electrons. The Hall–Kier alpha value is -2.05. The van der Waals surface area contributed by atoms with Gasteiger partial charge in [0.05, 0.1) is 0 Å². The van der Waals surface area contributed by atoms with Crippen LogP contribution in [-0.2, 0) is 14.3 Å². The maximum atomic E-state index is 12.1. The molecule has 7 nitrogen and oxygen atoms in total. The maximum Gasteiger partial charge on any atom is 0.410 e. The van der Waals surface area contributed by atoms with E-state index < -0.39 is 17.7 Å². The molecule has 2 N–H and O–H groups in total. The summed E-state index contributed by atoms with van der Waals surface area (Å²) < 4.78 is 5.31. The summed E-state index contributed by atoms with van der Waals surface area (Å²) in [5.74, 6) is -0.512. The van der Waals surface area contributed by atoms with Crippen molar-refractivity contribution in [1.82, 2.24) is 15.5 Å². The number of hydrogen-bond acceptors (Lipinski definition) is 4. The van der Waals surface area contributed by atoms with Crippen LogP contribution in [0.15, 0.2) is 12.7 Å². The van der Waals surface area contributed by atoms with E-state index in [1.165, 1.54) is 11.0 Å². The van der Waals surface area contributed by atoms with Crippen molar-refractivity contribution in [3.63, 3.8) is 0 Å². The zero-order chi connectivity index (χ0) is 16.8. The van der Waals surface area contributed by atoms with Gasteiger partial charge in [0.2, 0.25) is 11.8 Å². The lowest BCUT2D eigenvalue weighted by Gasteiger charge is -2.28. The second-order valence-corrected chi connectivity index (χ2v) is 6.12. The van der Waals surface area contributed by atoms with Gasteiger partial charge < -0.3 is 15.4 Å². The number of rotatable bonds is 5. The van der Waals surface area contributed by atoms with Gasteiger partial charge in [-0.05, 0) is 39.7 Å². The van der Waals surface area contributed by atoms with Gasteiger partial charge >= 0.3 is 6.09 Å². The van der Waals surface area contributed by atoms with Crippen molar-refractivity contribution in [1.29, 1.82) is 0 Å². The SMILES string of the molecule is C=CC(=O)NCCNC(=O)[C@@H]1CCCN1C(=O)OC(C)(C)C. The Labute approximate surface area is 131 Å². The third-order valence-electron chi connectivity index (χ3n) is 3.09. The fraction of sp³-hybridized carbons (Fsp3) is 0.667. The largest absolute Gasteiger partial charge is 0.444 e. The second kappa shape index (κ2) is 7.82. The number of ether oxygens (including phenoxy) is 1. The quantitative estimate of drug-likeness (QED) is 0.581. The molecule has 7 heteroatoms. The molecule has 0 aliphatic carbocycles. The smallest absolute Gasteiger partial charge is 0.410 e. The fourth-order valence-corrected chi connectivity index (χ4v) is 2.14. The second-order valence-electron chi connectivity index (χ2n) is 6.12. The molecule has 3 amide bonds. The summed E-state index contributed by atoms with van der Waals surface area (Å²) in [7, 11) is 0. The van der Waals surface area contributed by atoms with Gasteiger partial charge in [-0.25, -0.2) is 4.79 Å². The molecule has 1 rings (SSSR count). The Bertz CT molecular complexity index is 443. The van der Waals surface area contributed by atoms with Crippen LogP contribution in [0, 0.1) is 0 Å². The Morgan fingerprint density at radius 2 is 1.91 bits per heavy atom. The molecule has 1 saturated heterocycles. The van der Waals surface area contributed by atoms with E-state index in [2.05, 4.69) is 17.2 Å². The normalized spacial score (nSPS) is 17.8. The number of hydrogen-bond donors (Lipinski definition) is 2. The molecule has 0 saturated carbocycles. The molecule has 0 radical (unpaired) electrons. The molecule has 0 aromatic carbocycles. The highest BCUT2D eigenvalue weighted by Gasteiger charge is 2.36. The third kappa shape index (κ3) is 5.75. The van der Waals surface area contributed by atoms with E-state index in [4.69, 9.17) is 4.74 Å². The van der Waals surface area contributed by atoms with Gasteiger partial charge in [-0.15, -0.1) is 0 Å². The summed E-state index contributed by atoms with van der Waals surface area (Å²) >= 11 is 0. The number of nitrogens with one attached hydrogen (secondary N) is 2. The van der Waals surface area contributed by atoms with Crippen molar-refractivity contribution in [2.75, 3.05) is 19.6 Å². The number of carbonyl (C=O) groups is 3. The average molecular weight is 311 g/mol. The predicted octanol–water partition coefficient (Wildman–Crippen LogP) is 0.804. The van der Waals surface area contributed by atoms with Crippen LogP contribution in [0.1, 0.15) is 33.6 Å². The highest BCUT2D eigenvalue weighted by atomic mass is 16.6. The van der Waals surface area contributed by atoms with Gasteiger partial charge in [-0.1, -0.05) is 6.58 Å². The average Bonchev–Trinajstić information content (AvgIpc) is 2.90. The Morgan fingerprint density at radius 1 is 1.27 bits per heavy atom. The molecule has 1 atom stereocenters. The van der Waals surface area contributed by atoms with Crippen LogP contribution in [0.2, 0.25) is 0 Å². The van der Waals surface area contributed by atoms with E-state index in [1.54, 1.807) is 20.8 Å². The first-order valence-corrected chi connectivity index (χ1v) is 7.42. The van der Waals surface area contributed by atoms with Crippen LogP contribution < -0.4 is 10.6 Å². The Morgan fingerprint density at radius 3 is 2.50 bits per heavy atom. The topological polar surface area (TPSA) is 87.7 Å². The number of carbonyl (C=O) groups excluding carboxylic acids is 3. The lowest BCUT2D eigenvalue weighted by Crippen LogP contribution is -2.48. The van der Waals surface area contributed by atoms with E-state index in [0.29, 0.717) is 26.1 Å². The summed E-state index contributed by atoms with van der Waals surface area (Å²) in [5.41, 5.74) is -0.588. The van der Waals surface area contributed by atoms with Gasteiger partial charge in [0, 0.05) is 19.6 Å². The minimum absolute atomic E-state index is 0.226. The monoisotopic (exact) mass is 311 g/mol. The molecule has 0 aromatic heterocycles. The number of nitrogens with zero attached hydrogens (tertiary/aromatic N) is 1. The Kier molecular flexibility index (Phi) is 6.39. The van der Waals surface area contributed by atoms with Crippen LogP contribution in [0.3, 0.4) is 0 Å². The summed E-state index contributed by atoms with van der Waals surface area (Å²) in [4.78, 5) is 36.7. The van der Waals surface area contributed by atoms with Crippen molar-refractivity contribution in [2.24, 2.45) is 0 Å². The standard InChI is InChI=1S/C15H25N3O4/c1-5-12(19)16-8-9-17-13(20)11-7-6-10-18(11)14(21)22-15(2,3)4/h5,11H,1,6-10H2,2-4H3,(H,16,19)(H,17,20)/t11-/m0/s1. The first kappa shape index (κ1) is 18.0. The fourth-order valence-electron chi connectivity index (χ4n) is 2.14. The van der Waals surface area contributed by atoms with Crippen molar-refractivity contribution < 1.29 is 19.1 Å². The van der Waals surface area contributed by atoms with E-state index >= 15 is 0 Å². The zero-order valence-corrected chi connectivity index (χ0v) is 13.5. The van der Waals surface area contributed by atoms with E-state index in [-0.39, 0.29) is 11.8 Å². The zero-order valence-electron chi connectivity index (χ0n) is 13.5. The number of likely N-dealkylation sites (tertiary alicyclic amines) is 1. The summed E-state index contributed by atoms with van der Waals surface area (Å²) in [6.45, 7) is 9.84. The third-order valence-corrected chi connectivity index (χ3v) is 3.09. The number of amides is 3. The molecule has 1 aliphatic heterocycles. The van der Waals surface area contributed by atoms with Gasteiger partial charge in [0.1, 0.15) is 11.6 Å². The highest BCUT2D eigenvalue weighted by molar-refractivity contribution is 5.87. The summed E-state index contributed by atoms with van der Waals surface area (Å²) in [6, 6.07) is -0.509. The minimum atomic E-state index is -0.588. The molecule has 0 aromatic rings. The first-order chi connectivity index (χ1) is 10.2. The van der Waals surface area contributed by atoms with Crippen molar-refractivity contribution in [2.45, 2.75) is 45.3 Å². The van der Waals surface area contributed by atoms with E-state index in [0.717, 1.165) is 6.42 Å². The van der Waals surface area contributed by atoms with Gasteiger partial charge in [-0.3, -0.25) is 14.5 Å². The van der Waals surface area contributed by atoms with Gasteiger partial charge in [0.15, 0.2) is 0 Å². The Balaban J connectivity index is 2.45. The molecule has 1 aliphatic rings. The summed E-state index contributed by atoms with van der Waals surface area (Å²) in [5, 5.41) is 5.28. The van der Waals surface area contributed by atoms with Crippen LogP contribution in [0.25, 0.3) is 0 Å². The van der Waals surface area contributed by atoms with Crippen LogP contribution in [-0.4, -0.2) is 54.1 Å². The van der Waals surface area contributed by atoms with Crippen molar-refractivity contribution in [3.05, 3.63) is 12.7 Å². The minimum Gasteiger partial charge on any atom is -0.444 e. The van der Waals surface area contributed by atoms with Crippen molar-refractivity contribution >= 4 is 17.9 Å². The van der Waals surface area contributed by atoms with Crippen LogP contribution in [0.5, 0.6) is 0 Å². The van der Waals surface area contributed by atoms with Gasteiger partial charge in [-0.2, -0.15) is 0 Å². The predicted molar refractivity (Wildman–Crippen MR) is 82.2 cm³/mol. The van der Waals surface area contributed by atoms with Crippen LogP contribution in [0.4, 0.5) is 4.79 Å². The molecule has 0 bridgehead atoms. The lowest BCUT2D eigenvalue weighted by molar-refractivity contribution is -0.125. The molecule has 1 fully saturated rings. The molecule has 22 heavy (non-hydrogen) atoms. The first-order valence-electron chi connectivity index (χ1n) is 7.42. The lowest BCUT2D eigenvalue weighted by atomic mass is 10.2. The molecular weight excluding hydrogens is 286 g/mol. The molecule has 0 unspecified atom stereocenters. The van der Waals surface area contributed by atoms with Gasteiger partial charge in [0.25, 0.3) is 0 Å².